The van der Waals surface area contributed by atoms with Crippen LogP contribution in [0.5, 0.6) is 0 Å². The van der Waals surface area contributed by atoms with Crippen LogP contribution in [0.3, 0.4) is 0 Å². The standard InChI is InChI=1S/C16H18ClN3/c1-11(2)16-18-14(17)9-15(19-16)20-8-7-12-5-3-4-6-13(12)10-20/h3-6,9,11H,7-8,10H2,1-2H3. The number of rotatable bonds is 2. The minimum absolute atomic E-state index is 0.282. The fraction of sp³-hybridized carbons (Fsp3) is 0.375. The second kappa shape index (κ2) is 5.41. The maximum atomic E-state index is 6.14. The second-order valence-corrected chi connectivity index (χ2v) is 5.89. The molecule has 104 valence electrons. The summed E-state index contributed by atoms with van der Waals surface area (Å²) in [5, 5.41) is 0.526. The van der Waals surface area contributed by atoms with Gasteiger partial charge in [0, 0.05) is 25.1 Å². The van der Waals surface area contributed by atoms with Crippen molar-refractivity contribution in [1.82, 2.24) is 9.97 Å². The number of benzene rings is 1. The van der Waals surface area contributed by atoms with Crippen LogP contribution < -0.4 is 4.90 Å². The normalized spacial score (nSPS) is 14.5. The maximum Gasteiger partial charge on any atom is 0.135 e. The van der Waals surface area contributed by atoms with Gasteiger partial charge in [-0.25, -0.2) is 9.97 Å². The number of halogens is 1. The third kappa shape index (κ3) is 2.63. The SMILES string of the molecule is CC(C)c1nc(Cl)cc(N2CCc3ccccc3C2)n1. The van der Waals surface area contributed by atoms with E-state index in [2.05, 4.69) is 53.0 Å². The molecule has 2 aromatic rings. The van der Waals surface area contributed by atoms with Gasteiger partial charge in [0.15, 0.2) is 0 Å². The van der Waals surface area contributed by atoms with Crippen molar-refractivity contribution in [2.24, 2.45) is 0 Å². The van der Waals surface area contributed by atoms with Crippen molar-refractivity contribution in [2.45, 2.75) is 32.7 Å². The third-order valence-electron chi connectivity index (χ3n) is 3.67. The van der Waals surface area contributed by atoms with Crippen LogP contribution in [-0.4, -0.2) is 16.5 Å². The van der Waals surface area contributed by atoms with Gasteiger partial charge >= 0.3 is 0 Å². The largest absolute Gasteiger partial charge is 0.352 e. The van der Waals surface area contributed by atoms with Gasteiger partial charge in [0.2, 0.25) is 0 Å². The number of anilines is 1. The Morgan fingerprint density at radius 2 is 1.90 bits per heavy atom. The molecule has 0 bridgehead atoms. The number of hydrogen-bond donors (Lipinski definition) is 0. The van der Waals surface area contributed by atoms with Crippen molar-refractivity contribution >= 4 is 17.4 Å². The van der Waals surface area contributed by atoms with E-state index in [9.17, 15) is 0 Å². The molecule has 3 nitrogen and oxygen atoms in total. The summed E-state index contributed by atoms with van der Waals surface area (Å²) in [7, 11) is 0. The van der Waals surface area contributed by atoms with E-state index in [1.807, 2.05) is 6.07 Å². The van der Waals surface area contributed by atoms with E-state index < -0.39 is 0 Å². The summed E-state index contributed by atoms with van der Waals surface area (Å²) in [5.74, 6) is 2.03. The number of aromatic nitrogens is 2. The van der Waals surface area contributed by atoms with Crippen LogP contribution in [0.2, 0.25) is 5.15 Å². The van der Waals surface area contributed by atoms with E-state index in [0.717, 1.165) is 31.2 Å². The topological polar surface area (TPSA) is 29.0 Å². The number of nitrogens with zero attached hydrogens (tertiary/aromatic N) is 3. The maximum absolute atomic E-state index is 6.14. The fourth-order valence-corrected chi connectivity index (χ4v) is 2.72. The first-order valence-electron chi connectivity index (χ1n) is 6.99. The predicted octanol–water partition coefficient (Wildman–Crippen LogP) is 3.82. The molecule has 1 aromatic carbocycles. The Morgan fingerprint density at radius 3 is 2.65 bits per heavy atom. The van der Waals surface area contributed by atoms with Gasteiger partial charge in [0.25, 0.3) is 0 Å². The van der Waals surface area contributed by atoms with Crippen molar-refractivity contribution in [2.75, 3.05) is 11.4 Å². The molecule has 4 heteroatoms. The second-order valence-electron chi connectivity index (χ2n) is 5.50. The average molecular weight is 288 g/mol. The molecule has 0 unspecified atom stereocenters. The molecule has 0 N–H and O–H groups in total. The minimum Gasteiger partial charge on any atom is -0.352 e. The predicted molar refractivity (Wildman–Crippen MR) is 82.3 cm³/mol. The van der Waals surface area contributed by atoms with Gasteiger partial charge in [-0.05, 0) is 17.5 Å². The summed E-state index contributed by atoms with van der Waals surface area (Å²) in [5.41, 5.74) is 2.81. The molecule has 0 saturated heterocycles. The first-order chi connectivity index (χ1) is 9.63. The van der Waals surface area contributed by atoms with E-state index in [4.69, 9.17) is 11.6 Å². The van der Waals surface area contributed by atoms with Gasteiger partial charge in [-0.1, -0.05) is 49.7 Å². The van der Waals surface area contributed by atoms with Gasteiger partial charge in [0.1, 0.15) is 16.8 Å². The van der Waals surface area contributed by atoms with Crippen LogP contribution in [0.1, 0.15) is 36.7 Å². The molecule has 1 aromatic heterocycles. The van der Waals surface area contributed by atoms with E-state index in [-0.39, 0.29) is 5.92 Å². The van der Waals surface area contributed by atoms with Crippen molar-refractivity contribution in [3.63, 3.8) is 0 Å². The molecule has 1 aliphatic heterocycles. The van der Waals surface area contributed by atoms with Crippen LogP contribution >= 0.6 is 11.6 Å². The Kier molecular flexibility index (Phi) is 3.62. The van der Waals surface area contributed by atoms with E-state index in [1.54, 1.807) is 0 Å². The lowest BCUT2D eigenvalue weighted by Gasteiger charge is -2.30. The van der Waals surface area contributed by atoms with Gasteiger partial charge in [-0.15, -0.1) is 0 Å². The fourth-order valence-electron chi connectivity index (χ4n) is 2.53. The quantitative estimate of drug-likeness (QED) is 0.787. The first-order valence-corrected chi connectivity index (χ1v) is 7.37. The summed E-state index contributed by atoms with van der Waals surface area (Å²) >= 11 is 6.14. The summed E-state index contributed by atoms with van der Waals surface area (Å²) in [6, 6.07) is 10.5. The van der Waals surface area contributed by atoms with Crippen molar-refractivity contribution in [1.29, 1.82) is 0 Å². The molecule has 20 heavy (non-hydrogen) atoms. The highest BCUT2D eigenvalue weighted by atomic mass is 35.5. The Labute approximate surface area is 124 Å². The summed E-state index contributed by atoms with van der Waals surface area (Å²) in [6.07, 6.45) is 1.05. The first kappa shape index (κ1) is 13.4. The Balaban J connectivity index is 1.91. The monoisotopic (exact) mass is 287 g/mol. The van der Waals surface area contributed by atoms with E-state index in [0.29, 0.717) is 5.15 Å². The lowest BCUT2D eigenvalue weighted by Crippen LogP contribution is -2.31. The summed E-state index contributed by atoms with van der Waals surface area (Å²) in [6.45, 7) is 6.03. The molecule has 0 radical (unpaired) electrons. The highest BCUT2D eigenvalue weighted by molar-refractivity contribution is 6.29. The molecule has 0 saturated carbocycles. The van der Waals surface area contributed by atoms with E-state index >= 15 is 0 Å². The Morgan fingerprint density at radius 1 is 1.15 bits per heavy atom. The molecular formula is C16H18ClN3. The lowest BCUT2D eigenvalue weighted by atomic mass is 10.00. The molecule has 0 spiro atoms. The molecule has 2 heterocycles. The Hall–Kier alpha value is -1.61. The zero-order chi connectivity index (χ0) is 14.1. The number of fused-ring (bicyclic) bond motifs is 1. The van der Waals surface area contributed by atoms with E-state index in [1.165, 1.54) is 11.1 Å². The molecule has 3 rings (SSSR count). The zero-order valence-electron chi connectivity index (χ0n) is 11.8. The summed E-state index contributed by atoms with van der Waals surface area (Å²) in [4.78, 5) is 11.2. The van der Waals surface area contributed by atoms with Crippen LogP contribution in [0.4, 0.5) is 5.82 Å². The third-order valence-corrected chi connectivity index (χ3v) is 3.86. The molecular weight excluding hydrogens is 270 g/mol. The van der Waals surface area contributed by atoms with Crippen LogP contribution in [0.25, 0.3) is 0 Å². The van der Waals surface area contributed by atoms with Crippen molar-refractivity contribution in [3.05, 3.63) is 52.4 Å². The minimum atomic E-state index is 0.282. The molecule has 0 atom stereocenters. The van der Waals surface area contributed by atoms with Crippen molar-refractivity contribution < 1.29 is 0 Å². The highest BCUT2D eigenvalue weighted by Crippen LogP contribution is 2.25. The molecule has 0 fully saturated rings. The van der Waals surface area contributed by atoms with Gasteiger partial charge in [-0.2, -0.15) is 0 Å². The lowest BCUT2D eigenvalue weighted by molar-refractivity contribution is 0.703. The summed E-state index contributed by atoms with van der Waals surface area (Å²) < 4.78 is 0. The average Bonchev–Trinajstić information content (AvgIpc) is 2.46. The van der Waals surface area contributed by atoms with Gasteiger partial charge in [0.05, 0.1) is 0 Å². The zero-order valence-corrected chi connectivity index (χ0v) is 12.6. The molecule has 0 aliphatic carbocycles. The van der Waals surface area contributed by atoms with Crippen LogP contribution in [0, 0.1) is 0 Å². The molecule has 1 aliphatic rings. The van der Waals surface area contributed by atoms with Crippen LogP contribution in [0.15, 0.2) is 30.3 Å². The van der Waals surface area contributed by atoms with Crippen LogP contribution in [-0.2, 0) is 13.0 Å². The van der Waals surface area contributed by atoms with Crippen molar-refractivity contribution in [3.8, 4) is 0 Å². The highest BCUT2D eigenvalue weighted by Gasteiger charge is 2.18. The Bertz CT molecular complexity index is 625. The number of hydrogen-bond acceptors (Lipinski definition) is 3. The smallest absolute Gasteiger partial charge is 0.135 e. The molecule has 0 amide bonds. The van der Waals surface area contributed by atoms with Gasteiger partial charge in [-0.3, -0.25) is 0 Å². The van der Waals surface area contributed by atoms with Gasteiger partial charge < -0.3 is 4.90 Å².